The van der Waals surface area contributed by atoms with Crippen LogP contribution in [0.15, 0.2) is 6.33 Å². The molecule has 3 aliphatic rings. The number of carbonyl (C=O) groups excluding carboxylic acids is 1. The molecule has 1 aromatic rings. The van der Waals surface area contributed by atoms with E-state index in [0.29, 0.717) is 23.2 Å². The van der Waals surface area contributed by atoms with Crippen LogP contribution in [0.1, 0.15) is 50.8 Å². The first kappa shape index (κ1) is 12.4. The minimum Gasteiger partial charge on any atom is -0.341 e. The number of likely N-dealkylation sites (tertiary alicyclic amines) is 1. The molecule has 2 heterocycles. The summed E-state index contributed by atoms with van der Waals surface area (Å²) >= 11 is 0. The molecular weight excluding hydrogens is 252 g/mol. The third kappa shape index (κ3) is 1.71. The zero-order chi connectivity index (χ0) is 13.7. The van der Waals surface area contributed by atoms with E-state index < -0.39 is 0 Å². The molecule has 1 aromatic heterocycles. The number of rotatable bonds is 3. The molecule has 1 saturated heterocycles. The van der Waals surface area contributed by atoms with E-state index in [-0.39, 0.29) is 0 Å². The summed E-state index contributed by atoms with van der Waals surface area (Å²) in [5.41, 5.74) is 0.296. The fourth-order valence-electron chi connectivity index (χ4n) is 4.00. The largest absolute Gasteiger partial charge is 0.341 e. The van der Waals surface area contributed by atoms with Gasteiger partial charge in [0.05, 0.1) is 0 Å². The van der Waals surface area contributed by atoms with Gasteiger partial charge in [-0.05, 0) is 38.0 Å². The van der Waals surface area contributed by atoms with Crippen molar-refractivity contribution in [2.45, 2.75) is 51.5 Å². The molecule has 3 fully saturated rings. The molecular formula is C15H22N4O. The van der Waals surface area contributed by atoms with Gasteiger partial charge in [-0.1, -0.05) is 6.42 Å². The van der Waals surface area contributed by atoms with Gasteiger partial charge in [-0.25, -0.2) is 0 Å². The molecule has 1 atom stereocenters. The van der Waals surface area contributed by atoms with Crippen LogP contribution in [0.5, 0.6) is 0 Å². The van der Waals surface area contributed by atoms with Crippen LogP contribution < -0.4 is 0 Å². The minimum absolute atomic E-state index is 0.296. The van der Waals surface area contributed by atoms with Crippen LogP contribution in [0.2, 0.25) is 0 Å². The third-order valence-electron chi connectivity index (χ3n) is 5.53. The Morgan fingerprint density at radius 2 is 2.25 bits per heavy atom. The average Bonchev–Trinajstić information content (AvgIpc) is 3.02. The van der Waals surface area contributed by atoms with Gasteiger partial charge in [-0.15, -0.1) is 10.2 Å². The highest BCUT2D eigenvalue weighted by Gasteiger charge is 2.54. The van der Waals surface area contributed by atoms with Crippen molar-refractivity contribution in [1.82, 2.24) is 19.7 Å². The second-order valence-electron chi connectivity index (χ2n) is 6.74. The maximum Gasteiger partial charge on any atom is 0.225 e. The summed E-state index contributed by atoms with van der Waals surface area (Å²) in [6.45, 7) is 4.84. The Balaban J connectivity index is 1.62. The first-order chi connectivity index (χ1) is 9.73. The lowest BCUT2D eigenvalue weighted by Gasteiger charge is -2.42. The molecule has 1 aliphatic heterocycles. The van der Waals surface area contributed by atoms with Crippen LogP contribution in [0.4, 0.5) is 0 Å². The summed E-state index contributed by atoms with van der Waals surface area (Å²) < 4.78 is 2.15. The lowest BCUT2D eigenvalue weighted by Crippen LogP contribution is -2.38. The summed E-state index contributed by atoms with van der Waals surface area (Å²) in [6.07, 6.45) is 7.79. The van der Waals surface area contributed by atoms with Crippen molar-refractivity contribution in [2.24, 2.45) is 11.3 Å². The van der Waals surface area contributed by atoms with Gasteiger partial charge in [0, 0.05) is 31.5 Å². The average molecular weight is 274 g/mol. The Bertz CT molecular complexity index is 530. The van der Waals surface area contributed by atoms with E-state index in [9.17, 15) is 4.79 Å². The van der Waals surface area contributed by atoms with Crippen molar-refractivity contribution in [3.8, 4) is 0 Å². The third-order valence-corrected chi connectivity index (χ3v) is 5.53. The van der Waals surface area contributed by atoms with Crippen LogP contribution in [-0.4, -0.2) is 38.7 Å². The Hall–Kier alpha value is -1.39. The Kier molecular flexibility index (Phi) is 2.66. The maximum absolute atomic E-state index is 12.4. The Morgan fingerprint density at radius 1 is 1.45 bits per heavy atom. The van der Waals surface area contributed by atoms with Gasteiger partial charge in [0.15, 0.2) is 0 Å². The van der Waals surface area contributed by atoms with Crippen LogP contribution in [0, 0.1) is 11.3 Å². The molecule has 5 heteroatoms. The molecule has 4 rings (SSSR count). The van der Waals surface area contributed by atoms with Gasteiger partial charge in [0.1, 0.15) is 12.2 Å². The van der Waals surface area contributed by atoms with Gasteiger partial charge >= 0.3 is 0 Å². The highest BCUT2D eigenvalue weighted by Crippen LogP contribution is 2.55. The molecule has 108 valence electrons. The van der Waals surface area contributed by atoms with Crippen LogP contribution in [0.3, 0.4) is 0 Å². The predicted octanol–water partition coefficient (Wildman–Crippen LogP) is 1.80. The highest BCUT2D eigenvalue weighted by molar-refractivity contribution is 5.81. The maximum atomic E-state index is 12.4. The number of hydrogen-bond donors (Lipinski definition) is 0. The summed E-state index contributed by atoms with van der Waals surface area (Å²) in [5.74, 6) is 2.20. The normalized spacial score (nSPS) is 27.9. The van der Waals surface area contributed by atoms with E-state index in [0.717, 1.165) is 38.3 Å². The minimum atomic E-state index is 0.296. The molecule has 5 nitrogen and oxygen atoms in total. The fraction of sp³-hybridized carbons (Fsp3) is 0.800. The molecule has 20 heavy (non-hydrogen) atoms. The van der Waals surface area contributed by atoms with Crippen molar-refractivity contribution in [3.63, 3.8) is 0 Å². The molecule has 0 aromatic carbocycles. The van der Waals surface area contributed by atoms with Crippen molar-refractivity contribution >= 4 is 5.91 Å². The molecule has 0 N–H and O–H groups in total. The first-order valence-corrected chi connectivity index (χ1v) is 7.90. The zero-order valence-electron chi connectivity index (χ0n) is 12.1. The lowest BCUT2D eigenvalue weighted by molar-refractivity contribution is -0.132. The van der Waals surface area contributed by atoms with Crippen LogP contribution in [0.25, 0.3) is 0 Å². The smallest absolute Gasteiger partial charge is 0.225 e. The van der Waals surface area contributed by atoms with Crippen LogP contribution in [-0.2, 0) is 11.3 Å². The lowest BCUT2D eigenvalue weighted by atomic mass is 9.62. The second kappa shape index (κ2) is 4.30. The van der Waals surface area contributed by atoms with Gasteiger partial charge in [0.2, 0.25) is 5.91 Å². The number of aryl methyl sites for hydroxylation is 1. The van der Waals surface area contributed by atoms with Crippen molar-refractivity contribution in [2.75, 3.05) is 13.1 Å². The van der Waals surface area contributed by atoms with Crippen LogP contribution >= 0.6 is 0 Å². The number of carbonyl (C=O) groups is 1. The molecule has 2 saturated carbocycles. The van der Waals surface area contributed by atoms with E-state index in [2.05, 4.69) is 26.6 Å². The number of hydrogen-bond acceptors (Lipinski definition) is 3. The topological polar surface area (TPSA) is 51.0 Å². The molecule has 1 unspecified atom stereocenters. The predicted molar refractivity (Wildman–Crippen MR) is 74.0 cm³/mol. The monoisotopic (exact) mass is 274 g/mol. The first-order valence-electron chi connectivity index (χ1n) is 7.90. The zero-order valence-corrected chi connectivity index (χ0v) is 12.1. The quantitative estimate of drug-likeness (QED) is 0.844. The standard InChI is InChI=1S/C15H22N4O/c1-2-18-10-16-17-13(18)12-8-19(14(20)11-4-5-11)9-15(12)6-3-7-15/h10-12H,2-9H2,1H3. The SMILES string of the molecule is CCn1cnnc1C1CN(C(=O)C2CC2)CC12CCC2. The molecule has 0 radical (unpaired) electrons. The summed E-state index contributed by atoms with van der Waals surface area (Å²) in [6, 6.07) is 0. The fourth-order valence-corrected chi connectivity index (χ4v) is 4.00. The summed E-state index contributed by atoms with van der Waals surface area (Å²) in [7, 11) is 0. The van der Waals surface area contributed by atoms with Gasteiger partial charge in [-0.3, -0.25) is 4.79 Å². The number of amides is 1. The van der Waals surface area contributed by atoms with Crippen molar-refractivity contribution < 1.29 is 4.79 Å². The Labute approximate surface area is 119 Å². The summed E-state index contributed by atoms with van der Waals surface area (Å²) in [5, 5.41) is 8.46. The van der Waals surface area contributed by atoms with Gasteiger partial charge in [-0.2, -0.15) is 0 Å². The number of nitrogens with zero attached hydrogens (tertiary/aromatic N) is 4. The molecule has 2 aliphatic carbocycles. The van der Waals surface area contributed by atoms with Gasteiger partial charge in [0.25, 0.3) is 0 Å². The van der Waals surface area contributed by atoms with E-state index in [4.69, 9.17) is 0 Å². The van der Waals surface area contributed by atoms with E-state index in [1.807, 2.05) is 6.33 Å². The number of aromatic nitrogens is 3. The molecule has 0 bridgehead atoms. The van der Waals surface area contributed by atoms with Crippen molar-refractivity contribution in [3.05, 3.63) is 12.2 Å². The molecule has 1 spiro atoms. The van der Waals surface area contributed by atoms with E-state index in [1.54, 1.807) is 0 Å². The molecule has 1 amide bonds. The highest BCUT2D eigenvalue weighted by atomic mass is 16.2. The Morgan fingerprint density at radius 3 is 2.85 bits per heavy atom. The second-order valence-corrected chi connectivity index (χ2v) is 6.74. The van der Waals surface area contributed by atoms with Gasteiger partial charge < -0.3 is 9.47 Å². The van der Waals surface area contributed by atoms with E-state index >= 15 is 0 Å². The summed E-state index contributed by atoms with van der Waals surface area (Å²) in [4.78, 5) is 14.5. The van der Waals surface area contributed by atoms with E-state index in [1.165, 1.54) is 19.3 Å². The van der Waals surface area contributed by atoms with Crippen molar-refractivity contribution in [1.29, 1.82) is 0 Å².